The van der Waals surface area contributed by atoms with Gasteiger partial charge in [0.2, 0.25) is 0 Å². The van der Waals surface area contributed by atoms with Crippen molar-refractivity contribution in [2.45, 2.75) is 77.6 Å². The van der Waals surface area contributed by atoms with E-state index >= 15 is 0 Å². The third-order valence-corrected chi connectivity index (χ3v) is 5.08. The molecule has 2 aliphatic rings. The van der Waals surface area contributed by atoms with Gasteiger partial charge in [0, 0.05) is 0 Å². The van der Waals surface area contributed by atoms with Crippen LogP contribution in [0, 0.1) is 24.2 Å². The molecular weight excluding hydrogens is 192 g/mol. The maximum absolute atomic E-state index is 2.49. The van der Waals surface area contributed by atoms with Crippen molar-refractivity contribution in [2.24, 2.45) is 17.8 Å². The van der Waals surface area contributed by atoms with Crippen molar-refractivity contribution in [3.63, 3.8) is 0 Å². The Balaban J connectivity index is 1.59. The van der Waals surface area contributed by atoms with Gasteiger partial charge in [0.1, 0.15) is 0 Å². The summed E-state index contributed by atoms with van der Waals surface area (Å²) in [5.74, 6) is 3.24. The van der Waals surface area contributed by atoms with Crippen LogP contribution < -0.4 is 0 Å². The van der Waals surface area contributed by atoms with Crippen molar-refractivity contribution < 1.29 is 0 Å². The molecule has 16 heavy (non-hydrogen) atoms. The molecule has 1 radical (unpaired) electrons. The minimum Gasteiger partial charge on any atom is -0.0651 e. The normalized spacial score (nSPS) is 32.8. The molecule has 0 heteroatoms. The van der Waals surface area contributed by atoms with E-state index in [1.54, 1.807) is 6.42 Å². The van der Waals surface area contributed by atoms with Gasteiger partial charge in [-0.3, -0.25) is 0 Å². The predicted molar refractivity (Wildman–Crippen MR) is 71.2 cm³/mol. The molecule has 0 heterocycles. The highest BCUT2D eigenvalue weighted by Gasteiger charge is 2.21. The molecule has 0 aromatic carbocycles. The van der Waals surface area contributed by atoms with Gasteiger partial charge in [-0.2, -0.15) is 0 Å². The van der Waals surface area contributed by atoms with Gasteiger partial charge in [0.15, 0.2) is 0 Å². The van der Waals surface area contributed by atoms with Crippen molar-refractivity contribution in [1.82, 2.24) is 0 Å². The molecule has 0 nitrogen and oxygen atoms in total. The van der Waals surface area contributed by atoms with Gasteiger partial charge in [-0.25, -0.2) is 0 Å². The number of hydrogen-bond donors (Lipinski definition) is 0. The standard InChI is InChI=1S/C16H29/c1-2-14-8-10-16(11-9-14)13-12-15-6-4-3-5-7-15/h3,14-16H,2,4-13H2,1H3/t14-,16-. The first-order valence-corrected chi connectivity index (χ1v) is 7.70. The van der Waals surface area contributed by atoms with Gasteiger partial charge in [0.25, 0.3) is 0 Å². The molecule has 2 aliphatic carbocycles. The van der Waals surface area contributed by atoms with Crippen molar-refractivity contribution >= 4 is 0 Å². The summed E-state index contributed by atoms with van der Waals surface area (Å²) in [6.45, 7) is 2.36. The zero-order valence-electron chi connectivity index (χ0n) is 11.1. The van der Waals surface area contributed by atoms with Gasteiger partial charge in [-0.1, -0.05) is 64.7 Å². The lowest BCUT2D eigenvalue weighted by Crippen LogP contribution is -2.15. The highest BCUT2D eigenvalue weighted by atomic mass is 14.3. The van der Waals surface area contributed by atoms with Gasteiger partial charge in [-0.15, -0.1) is 0 Å². The van der Waals surface area contributed by atoms with E-state index in [1.807, 2.05) is 0 Å². The molecule has 0 atom stereocenters. The zero-order valence-corrected chi connectivity index (χ0v) is 11.1. The Hall–Kier alpha value is 0. The van der Waals surface area contributed by atoms with Crippen molar-refractivity contribution in [1.29, 1.82) is 0 Å². The predicted octanol–water partition coefficient (Wildman–Crippen LogP) is 5.38. The van der Waals surface area contributed by atoms with Crippen LogP contribution >= 0.6 is 0 Å². The molecule has 2 saturated carbocycles. The van der Waals surface area contributed by atoms with E-state index in [9.17, 15) is 0 Å². The number of rotatable bonds is 4. The fourth-order valence-corrected chi connectivity index (χ4v) is 3.68. The third-order valence-electron chi connectivity index (χ3n) is 5.08. The third kappa shape index (κ3) is 3.79. The quantitative estimate of drug-likeness (QED) is 0.598. The lowest BCUT2D eigenvalue weighted by atomic mass is 9.76. The van der Waals surface area contributed by atoms with Crippen molar-refractivity contribution in [3.8, 4) is 0 Å². The van der Waals surface area contributed by atoms with E-state index < -0.39 is 0 Å². The summed E-state index contributed by atoms with van der Waals surface area (Å²) in [4.78, 5) is 0. The summed E-state index contributed by atoms with van der Waals surface area (Å²) in [6, 6.07) is 0. The first-order valence-electron chi connectivity index (χ1n) is 7.70. The Labute approximate surface area is 102 Å². The molecule has 2 rings (SSSR count). The Morgan fingerprint density at radius 1 is 0.750 bits per heavy atom. The van der Waals surface area contributed by atoms with E-state index in [2.05, 4.69) is 13.3 Å². The van der Waals surface area contributed by atoms with E-state index in [-0.39, 0.29) is 0 Å². The summed E-state index contributed by atoms with van der Waals surface area (Å²) >= 11 is 0. The van der Waals surface area contributed by atoms with Crippen LogP contribution in [0.2, 0.25) is 0 Å². The van der Waals surface area contributed by atoms with Crippen LogP contribution in [0.25, 0.3) is 0 Å². The topological polar surface area (TPSA) is 0 Å². The monoisotopic (exact) mass is 221 g/mol. The molecule has 0 unspecified atom stereocenters. The Bertz CT molecular complexity index is 170. The second kappa shape index (κ2) is 6.67. The van der Waals surface area contributed by atoms with Crippen molar-refractivity contribution in [3.05, 3.63) is 6.42 Å². The fraction of sp³-hybridized carbons (Fsp3) is 0.938. The summed E-state index contributed by atoms with van der Waals surface area (Å²) < 4.78 is 0. The molecular formula is C16H29. The lowest BCUT2D eigenvalue weighted by molar-refractivity contribution is 0.237. The van der Waals surface area contributed by atoms with Crippen LogP contribution in [0.1, 0.15) is 77.6 Å². The molecule has 0 amide bonds. The van der Waals surface area contributed by atoms with Gasteiger partial charge >= 0.3 is 0 Å². The average molecular weight is 221 g/mol. The Morgan fingerprint density at radius 3 is 1.81 bits per heavy atom. The molecule has 0 spiro atoms. The minimum absolute atomic E-state index is 1.07. The summed E-state index contributed by atoms with van der Waals surface area (Å²) in [5.41, 5.74) is 0. The molecule has 0 bridgehead atoms. The van der Waals surface area contributed by atoms with Gasteiger partial charge < -0.3 is 0 Å². The molecule has 0 N–H and O–H groups in total. The average Bonchev–Trinajstić information content (AvgIpc) is 2.38. The Kier molecular flexibility index (Phi) is 5.19. The van der Waals surface area contributed by atoms with Gasteiger partial charge in [-0.05, 0) is 37.0 Å². The zero-order chi connectivity index (χ0) is 11.2. The van der Waals surface area contributed by atoms with Crippen molar-refractivity contribution in [2.75, 3.05) is 0 Å². The largest absolute Gasteiger partial charge is 0.0651 e. The van der Waals surface area contributed by atoms with E-state index in [1.165, 1.54) is 64.2 Å². The second-order valence-electron chi connectivity index (χ2n) is 6.18. The second-order valence-corrected chi connectivity index (χ2v) is 6.18. The summed E-state index contributed by atoms with van der Waals surface area (Å²) in [6.07, 6.45) is 18.9. The highest BCUT2D eigenvalue weighted by molar-refractivity contribution is 4.78. The molecule has 2 fully saturated rings. The fourth-order valence-electron chi connectivity index (χ4n) is 3.68. The maximum Gasteiger partial charge on any atom is -0.0386 e. The van der Waals surface area contributed by atoms with Crippen LogP contribution in [0.3, 0.4) is 0 Å². The lowest BCUT2D eigenvalue weighted by Gasteiger charge is -2.29. The van der Waals surface area contributed by atoms with E-state index in [0.717, 1.165) is 17.8 Å². The Morgan fingerprint density at radius 2 is 1.25 bits per heavy atom. The van der Waals surface area contributed by atoms with Crippen LogP contribution in [-0.4, -0.2) is 0 Å². The molecule has 93 valence electrons. The summed E-state index contributed by atoms with van der Waals surface area (Å²) in [5, 5.41) is 0. The first kappa shape index (κ1) is 12.5. The van der Waals surface area contributed by atoms with Gasteiger partial charge in [0.05, 0.1) is 0 Å². The van der Waals surface area contributed by atoms with Crippen LogP contribution in [0.15, 0.2) is 0 Å². The number of hydrogen-bond acceptors (Lipinski definition) is 0. The molecule has 0 aromatic heterocycles. The first-order chi connectivity index (χ1) is 7.88. The molecule has 0 saturated heterocycles. The SMILES string of the molecule is CC[C@H]1CC[C@H](CCC2CC[CH]CC2)CC1. The smallest absolute Gasteiger partial charge is 0.0386 e. The molecule has 0 aliphatic heterocycles. The van der Waals surface area contributed by atoms with E-state index in [4.69, 9.17) is 0 Å². The van der Waals surface area contributed by atoms with E-state index in [0.29, 0.717) is 0 Å². The molecule has 0 aromatic rings. The summed E-state index contributed by atoms with van der Waals surface area (Å²) in [7, 11) is 0. The van der Waals surface area contributed by atoms with Crippen LogP contribution in [0.4, 0.5) is 0 Å². The highest BCUT2D eigenvalue weighted by Crippen LogP contribution is 2.35. The van der Waals surface area contributed by atoms with Crippen LogP contribution in [-0.2, 0) is 0 Å². The van der Waals surface area contributed by atoms with Crippen LogP contribution in [0.5, 0.6) is 0 Å². The minimum atomic E-state index is 1.07. The maximum atomic E-state index is 2.49.